The zero-order chi connectivity index (χ0) is 32.8. The minimum Gasteiger partial charge on any atom is -0.490 e. The van der Waals surface area contributed by atoms with Crippen LogP contribution in [-0.4, -0.2) is 45.4 Å². The number of nitrogens with zero attached hydrogens (tertiary/aromatic N) is 2. The van der Waals surface area contributed by atoms with Crippen molar-refractivity contribution in [2.24, 2.45) is 0 Å². The summed E-state index contributed by atoms with van der Waals surface area (Å²) in [5.74, 6) is 0.195. The summed E-state index contributed by atoms with van der Waals surface area (Å²) in [7, 11) is 0. The minimum absolute atomic E-state index is 0.00120. The fourth-order valence-corrected chi connectivity index (χ4v) is 5.03. The van der Waals surface area contributed by atoms with E-state index in [0.29, 0.717) is 29.9 Å². The number of carbonyl (C=O) groups excluding carboxylic acids is 2. The topological polar surface area (TPSA) is 101 Å². The Morgan fingerprint density at radius 1 is 0.978 bits per heavy atom. The Morgan fingerprint density at radius 2 is 1.64 bits per heavy atom. The normalized spacial score (nSPS) is 19.1. The number of aryl methyl sites for hydroxylation is 1. The third kappa shape index (κ3) is 6.15. The molecule has 2 aromatic carbocycles. The molecule has 1 saturated heterocycles. The van der Waals surface area contributed by atoms with Crippen LogP contribution in [0.4, 0.5) is 31.1 Å². The van der Waals surface area contributed by atoms with Crippen molar-refractivity contribution >= 4 is 11.9 Å². The number of aliphatic hydroxyl groups is 1. The van der Waals surface area contributed by atoms with Crippen LogP contribution in [0.25, 0.3) is 0 Å². The standard InChI is InChI=1S/C31H29F6N3O5/c1-3-4-18-15-20(29(43,30(32,33)34)31(35,36)37)7-12-25(18)45-24-13-14-38-21(16-24)17-40-26(41)28(2,39-27(40)42)19-5-8-22(9-6-19)44-23-10-11-23/h5-9,12-16,23,43H,3-4,10-11,17H2,1-2H3,(H,39,42). The molecule has 1 aliphatic heterocycles. The lowest BCUT2D eigenvalue weighted by Crippen LogP contribution is -2.53. The number of carbonyl (C=O) groups is 2. The van der Waals surface area contributed by atoms with E-state index in [1.165, 1.54) is 18.3 Å². The molecule has 2 fully saturated rings. The van der Waals surface area contributed by atoms with Gasteiger partial charge in [-0.25, -0.2) is 4.79 Å². The molecule has 45 heavy (non-hydrogen) atoms. The van der Waals surface area contributed by atoms with Crippen LogP contribution >= 0.6 is 0 Å². The summed E-state index contributed by atoms with van der Waals surface area (Å²) in [6.45, 7) is 3.00. The third-order valence-corrected chi connectivity index (χ3v) is 7.69. The number of hydrogen-bond donors (Lipinski definition) is 2. The second-order valence-corrected chi connectivity index (χ2v) is 11.2. The number of ether oxygens (including phenoxy) is 2. The number of rotatable bonds is 10. The first-order valence-corrected chi connectivity index (χ1v) is 14.1. The number of benzene rings is 2. The van der Waals surface area contributed by atoms with Crippen LogP contribution in [0.15, 0.2) is 60.8 Å². The molecule has 8 nitrogen and oxygen atoms in total. The van der Waals surface area contributed by atoms with Gasteiger partial charge in [-0.05, 0) is 67.6 Å². The molecule has 2 aliphatic rings. The molecule has 1 saturated carbocycles. The first kappa shape index (κ1) is 32.1. The fourth-order valence-electron chi connectivity index (χ4n) is 5.03. The maximum atomic E-state index is 13.5. The van der Waals surface area contributed by atoms with E-state index in [-0.39, 0.29) is 41.8 Å². The molecule has 2 heterocycles. The number of amides is 3. The van der Waals surface area contributed by atoms with Crippen molar-refractivity contribution in [2.75, 3.05) is 0 Å². The predicted molar refractivity (Wildman–Crippen MR) is 147 cm³/mol. The van der Waals surface area contributed by atoms with Gasteiger partial charge in [0.15, 0.2) is 0 Å². The minimum atomic E-state index is -6.03. The van der Waals surface area contributed by atoms with Gasteiger partial charge in [0.1, 0.15) is 22.8 Å². The van der Waals surface area contributed by atoms with Crippen LogP contribution < -0.4 is 14.8 Å². The van der Waals surface area contributed by atoms with Crippen LogP contribution in [0.3, 0.4) is 0 Å². The Balaban J connectivity index is 1.35. The predicted octanol–water partition coefficient (Wildman–Crippen LogP) is 6.65. The van der Waals surface area contributed by atoms with E-state index in [9.17, 15) is 41.0 Å². The average molecular weight is 638 g/mol. The second kappa shape index (κ2) is 11.5. The van der Waals surface area contributed by atoms with E-state index >= 15 is 0 Å². The summed E-state index contributed by atoms with van der Waals surface area (Å²) in [5.41, 5.74) is -7.04. The number of imide groups is 1. The van der Waals surface area contributed by atoms with Crippen LogP contribution in [-0.2, 0) is 28.9 Å². The smallest absolute Gasteiger partial charge is 0.430 e. The Hall–Kier alpha value is -4.33. The van der Waals surface area contributed by atoms with Crippen molar-refractivity contribution in [1.82, 2.24) is 15.2 Å². The summed E-state index contributed by atoms with van der Waals surface area (Å²) >= 11 is 0. The van der Waals surface area contributed by atoms with Gasteiger partial charge in [-0.15, -0.1) is 0 Å². The van der Waals surface area contributed by atoms with Gasteiger partial charge in [0.25, 0.3) is 11.5 Å². The highest BCUT2D eigenvalue weighted by molar-refractivity contribution is 6.07. The summed E-state index contributed by atoms with van der Waals surface area (Å²) in [5, 5.41) is 12.5. The first-order valence-electron chi connectivity index (χ1n) is 14.1. The molecule has 0 bridgehead atoms. The number of hydrogen-bond acceptors (Lipinski definition) is 6. The average Bonchev–Trinajstić information content (AvgIpc) is 3.76. The highest BCUT2D eigenvalue weighted by atomic mass is 19.4. The van der Waals surface area contributed by atoms with E-state index in [0.717, 1.165) is 23.8 Å². The molecule has 1 aromatic heterocycles. The Morgan fingerprint density at radius 3 is 2.24 bits per heavy atom. The Kier molecular flexibility index (Phi) is 8.23. The summed E-state index contributed by atoms with van der Waals surface area (Å²) in [6, 6.07) is 11.1. The van der Waals surface area contributed by atoms with Gasteiger partial charge >= 0.3 is 18.4 Å². The molecule has 240 valence electrons. The van der Waals surface area contributed by atoms with Gasteiger partial charge in [-0.2, -0.15) is 26.3 Å². The highest BCUT2D eigenvalue weighted by Gasteiger charge is 2.71. The van der Waals surface area contributed by atoms with Crippen molar-refractivity contribution in [3.8, 4) is 17.2 Å². The van der Waals surface area contributed by atoms with Crippen molar-refractivity contribution < 1.29 is 50.5 Å². The number of aromatic nitrogens is 1. The molecular weight excluding hydrogens is 608 g/mol. The number of alkyl halides is 6. The van der Waals surface area contributed by atoms with Crippen molar-refractivity contribution in [3.63, 3.8) is 0 Å². The fraction of sp³-hybridized carbons (Fsp3) is 0.387. The summed E-state index contributed by atoms with van der Waals surface area (Å²) in [6.07, 6.45) is -8.17. The van der Waals surface area contributed by atoms with Gasteiger partial charge in [0, 0.05) is 17.8 Å². The molecule has 1 aliphatic carbocycles. The van der Waals surface area contributed by atoms with Crippen LogP contribution in [0, 0.1) is 0 Å². The maximum absolute atomic E-state index is 13.5. The lowest BCUT2D eigenvalue weighted by Gasteiger charge is -2.33. The van der Waals surface area contributed by atoms with Crippen molar-refractivity contribution in [2.45, 2.75) is 75.7 Å². The van der Waals surface area contributed by atoms with Crippen LogP contribution in [0.1, 0.15) is 55.5 Å². The molecule has 3 aromatic rings. The third-order valence-electron chi connectivity index (χ3n) is 7.69. The zero-order valence-corrected chi connectivity index (χ0v) is 24.1. The molecule has 1 atom stereocenters. The van der Waals surface area contributed by atoms with Crippen molar-refractivity contribution in [1.29, 1.82) is 0 Å². The maximum Gasteiger partial charge on any atom is 0.430 e. The summed E-state index contributed by atoms with van der Waals surface area (Å²) in [4.78, 5) is 31.5. The number of halogens is 6. The monoisotopic (exact) mass is 637 g/mol. The molecule has 14 heteroatoms. The van der Waals surface area contributed by atoms with Gasteiger partial charge in [-0.3, -0.25) is 14.7 Å². The van der Waals surface area contributed by atoms with Gasteiger partial charge in [0.05, 0.1) is 18.3 Å². The molecule has 1 unspecified atom stereocenters. The SMILES string of the molecule is CCCc1cc(C(O)(C(F)(F)F)C(F)(F)F)ccc1Oc1ccnc(CN2C(=O)NC(C)(c3ccc(OC4CC4)cc3)C2=O)c1. The molecule has 5 rings (SSSR count). The molecule has 0 radical (unpaired) electrons. The molecular formula is C31H29F6N3O5. The van der Waals surface area contributed by atoms with Crippen molar-refractivity contribution in [3.05, 3.63) is 83.2 Å². The van der Waals surface area contributed by atoms with E-state index < -0.39 is 41.0 Å². The largest absolute Gasteiger partial charge is 0.490 e. The van der Waals surface area contributed by atoms with E-state index in [2.05, 4.69) is 10.3 Å². The highest BCUT2D eigenvalue weighted by Crippen LogP contribution is 2.50. The Labute approximate surface area is 254 Å². The van der Waals surface area contributed by atoms with E-state index in [4.69, 9.17) is 9.47 Å². The summed E-state index contributed by atoms with van der Waals surface area (Å²) < 4.78 is 92.3. The van der Waals surface area contributed by atoms with Crippen LogP contribution in [0.2, 0.25) is 0 Å². The van der Waals surface area contributed by atoms with E-state index in [1.807, 2.05) is 0 Å². The zero-order valence-electron chi connectivity index (χ0n) is 24.1. The molecule has 0 spiro atoms. The lowest BCUT2D eigenvalue weighted by molar-refractivity contribution is -0.376. The Bertz CT molecular complexity index is 1580. The van der Waals surface area contributed by atoms with Gasteiger partial charge in [-0.1, -0.05) is 31.5 Å². The van der Waals surface area contributed by atoms with Gasteiger partial charge < -0.3 is 19.9 Å². The molecule has 2 N–H and O–H groups in total. The molecule has 3 amide bonds. The number of nitrogens with one attached hydrogen (secondary N) is 1. The quantitative estimate of drug-likeness (QED) is 0.191. The van der Waals surface area contributed by atoms with E-state index in [1.54, 1.807) is 38.1 Å². The number of pyridine rings is 1. The lowest BCUT2D eigenvalue weighted by atomic mass is 9.90. The van der Waals surface area contributed by atoms with Gasteiger partial charge in [0.2, 0.25) is 0 Å². The first-order chi connectivity index (χ1) is 21.1. The number of urea groups is 1. The second-order valence-electron chi connectivity index (χ2n) is 11.2. The van der Waals surface area contributed by atoms with Crippen LogP contribution in [0.5, 0.6) is 17.2 Å².